The molecular formula is C35H61N7O6. The molecule has 1 aromatic rings. The van der Waals surface area contributed by atoms with Crippen molar-refractivity contribution in [2.75, 3.05) is 13.1 Å². The third-order valence-electron chi connectivity index (χ3n) is 8.26. The van der Waals surface area contributed by atoms with Crippen LogP contribution < -0.4 is 36.6 Å². The Morgan fingerprint density at radius 3 is 1.83 bits per heavy atom. The fourth-order valence-electron chi connectivity index (χ4n) is 5.35. The van der Waals surface area contributed by atoms with E-state index in [1.807, 2.05) is 62.3 Å². The number of aromatic nitrogens is 1. The Morgan fingerprint density at radius 1 is 0.729 bits per heavy atom. The van der Waals surface area contributed by atoms with Crippen LogP contribution in [-0.2, 0) is 19.2 Å². The van der Waals surface area contributed by atoms with Gasteiger partial charge >= 0.3 is 0 Å². The highest BCUT2D eigenvalue weighted by Gasteiger charge is 2.32. The largest absolute Gasteiger partial charge is 0.619 e. The molecule has 0 unspecified atom stereocenters. The number of hydrogen-bond donors (Lipinski definition) is 6. The molecule has 13 heteroatoms. The molecule has 5 amide bonds. The summed E-state index contributed by atoms with van der Waals surface area (Å²) in [5, 5.41) is 29.2. The van der Waals surface area contributed by atoms with Gasteiger partial charge in [0.1, 0.15) is 18.1 Å². The van der Waals surface area contributed by atoms with Gasteiger partial charge in [-0.1, -0.05) is 74.7 Å². The quantitative estimate of drug-likeness (QED) is 0.0805. The number of carbonyl (C=O) groups is 5. The number of pyridine rings is 1. The molecule has 1 aromatic heterocycles. The Kier molecular flexibility index (Phi) is 19.4. The highest BCUT2D eigenvalue weighted by molar-refractivity contribution is 5.98. The highest BCUT2D eigenvalue weighted by atomic mass is 16.5. The molecule has 0 saturated heterocycles. The van der Waals surface area contributed by atoms with E-state index in [2.05, 4.69) is 31.9 Å². The van der Waals surface area contributed by atoms with Crippen LogP contribution in [0.15, 0.2) is 24.5 Å². The molecule has 0 aliphatic carbocycles. The summed E-state index contributed by atoms with van der Waals surface area (Å²) in [4.78, 5) is 66.0. The average Bonchev–Trinajstić information content (AvgIpc) is 3.03. The van der Waals surface area contributed by atoms with E-state index in [0.717, 1.165) is 6.42 Å². The van der Waals surface area contributed by atoms with E-state index >= 15 is 0 Å². The second kappa shape index (κ2) is 22.0. The maximum absolute atomic E-state index is 13.7. The molecule has 48 heavy (non-hydrogen) atoms. The van der Waals surface area contributed by atoms with Crippen LogP contribution in [0, 0.1) is 23.0 Å². The standard InChI is InChI=1S/C35H61N7O6/c1-10-14-27(32(44)40-29(23(7)8)34(46)36-13-4)37-21-26(20-22(5)6)38-33(45)28(15-11-2)39-35(47)30(24(9)12-3)41-31(43)25-16-18-42(48)19-17-25/h16-19,22-24,26-30,37H,10-15,20-21H2,1-9H3,(H,36,46)(H,38,45)(H,39,47)(H,40,44)(H,41,43)/t24-,26-,27-,28-,29-,30-/m0/s1. The Balaban J connectivity index is 3.07. The normalized spacial score (nSPS) is 15.1. The van der Waals surface area contributed by atoms with E-state index in [0.29, 0.717) is 49.9 Å². The summed E-state index contributed by atoms with van der Waals surface area (Å²) in [7, 11) is 0. The van der Waals surface area contributed by atoms with Crippen molar-refractivity contribution >= 4 is 29.5 Å². The van der Waals surface area contributed by atoms with Gasteiger partial charge in [0.2, 0.25) is 23.6 Å². The number of likely N-dealkylation sites (N-methyl/N-ethyl adjacent to an activating group) is 1. The van der Waals surface area contributed by atoms with Crippen molar-refractivity contribution in [2.45, 2.75) is 131 Å². The Labute approximate surface area is 287 Å². The van der Waals surface area contributed by atoms with Gasteiger partial charge in [0.25, 0.3) is 5.91 Å². The van der Waals surface area contributed by atoms with Crippen molar-refractivity contribution in [3.05, 3.63) is 35.3 Å². The Bertz CT molecular complexity index is 1160. The van der Waals surface area contributed by atoms with Crippen molar-refractivity contribution in [2.24, 2.45) is 17.8 Å². The van der Waals surface area contributed by atoms with Crippen LogP contribution in [0.5, 0.6) is 0 Å². The van der Waals surface area contributed by atoms with E-state index in [1.54, 1.807) is 0 Å². The Morgan fingerprint density at radius 2 is 1.31 bits per heavy atom. The molecule has 1 rings (SSSR count). The zero-order chi connectivity index (χ0) is 36.4. The van der Waals surface area contributed by atoms with Crippen LogP contribution in [-0.4, -0.2) is 72.8 Å². The third kappa shape index (κ3) is 14.6. The summed E-state index contributed by atoms with van der Waals surface area (Å²) in [6, 6.07) is -0.538. The van der Waals surface area contributed by atoms with Gasteiger partial charge in [-0.2, -0.15) is 4.73 Å². The number of nitrogens with zero attached hydrogens (tertiary/aromatic N) is 1. The van der Waals surface area contributed by atoms with Gasteiger partial charge in [-0.25, -0.2) is 0 Å². The lowest BCUT2D eigenvalue weighted by atomic mass is 9.97. The molecule has 1 heterocycles. The SMILES string of the molecule is CCC[C@H](NC[C@H](CC(C)C)NC(=O)[C@H](CCC)NC(=O)[C@@H](NC(=O)c1cc[n+]([O-])cc1)[C@@H](C)CC)C(=O)N[C@H](C(=O)NCC)C(C)C. The molecule has 0 fully saturated rings. The van der Waals surface area contributed by atoms with Crippen molar-refractivity contribution in [3.8, 4) is 0 Å². The van der Waals surface area contributed by atoms with E-state index in [1.165, 1.54) is 24.5 Å². The maximum atomic E-state index is 13.7. The molecule has 0 saturated carbocycles. The summed E-state index contributed by atoms with van der Waals surface area (Å²) < 4.78 is 0.570. The smallest absolute Gasteiger partial charge is 0.252 e. The summed E-state index contributed by atoms with van der Waals surface area (Å²) in [5.74, 6) is -1.89. The van der Waals surface area contributed by atoms with E-state index < -0.39 is 36.0 Å². The van der Waals surface area contributed by atoms with Crippen molar-refractivity contribution in [1.29, 1.82) is 0 Å². The summed E-state index contributed by atoms with van der Waals surface area (Å²) >= 11 is 0. The van der Waals surface area contributed by atoms with E-state index in [4.69, 9.17) is 0 Å². The van der Waals surface area contributed by atoms with Crippen molar-refractivity contribution in [1.82, 2.24) is 31.9 Å². The molecule has 0 aromatic carbocycles. The molecule has 0 radical (unpaired) electrons. The fourth-order valence-corrected chi connectivity index (χ4v) is 5.35. The molecule has 0 aliphatic rings. The number of amides is 5. The van der Waals surface area contributed by atoms with Crippen molar-refractivity contribution < 1.29 is 28.7 Å². The van der Waals surface area contributed by atoms with Gasteiger partial charge in [-0.3, -0.25) is 24.0 Å². The van der Waals surface area contributed by atoms with Crippen LogP contribution in [0.25, 0.3) is 0 Å². The third-order valence-corrected chi connectivity index (χ3v) is 8.26. The topological polar surface area (TPSA) is 184 Å². The molecule has 272 valence electrons. The first-order valence-corrected chi connectivity index (χ1v) is 17.6. The summed E-state index contributed by atoms with van der Waals surface area (Å²) in [6.45, 7) is 18.1. The summed E-state index contributed by atoms with van der Waals surface area (Å²) in [6.07, 6.45) is 5.96. The average molecular weight is 676 g/mol. The first-order chi connectivity index (χ1) is 22.7. The monoisotopic (exact) mass is 675 g/mol. The van der Waals surface area contributed by atoms with Gasteiger partial charge < -0.3 is 37.1 Å². The predicted octanol–water partition coefficient (Wildman–Crippen LogP) is 2.32. The van der Waals surface area contributed by atoms with Gasteiger partial charge in [0, 0.05) is 31.3 Å². The lowest BCUT2D eigenvalue weighted by Crippen LogP contribution is -2.58. The molecule has 0 bridgehead atoms. The number of nitrogens with one attached hydrogen (secondary N) is 6. The molecule has 6 N–H and O–H groups in total. The molecule has 13 nitrogen and oxygen atoms in total. The fraction of sp³-hybridized carbons (Fsp3) is 0.714. The predicted molar refractivity (Wildman–Crippen MR) is 186 cm³/mol. The van der Waals surface area contributed by atoms with Gasteiger partial charge in [-0.05, 0) is 43.9 Å². The Hall–Kier alpha value is -3.74. The molecular weight excluding hydrogens is 614 g/mol. The highest BCUT2D eigenvalue weighted by Crippen LogP contribution is 2.12. The van der Waals surface area contributed by atoms with Gasteiger partial charge in [0.15, 0.2) is 12.4 Å². The maximum Gasteiger partial charge on any atom is 0.252 e. The van der Waals surface area contributed by atoms with Crippen molar-refractivity contribution in [3.63, 3.8) is 0 Å². The molecule has 0 aliphatic heterocycles. The number of rotatable bonds is 22. The summed E-state index contributed by atoms with van der Waals surface area (Å²) in [5.41, 5.74) is 0.245. The van der Waals surface area contributed by atoms with E-state index in [-0.39, 0.29) is 47.1 Å². The van der Waals surface area contributed by atoms with Crippen LogP contribution >= 0.6 is 0 Å². The molecule has 0 spiro atoms. The number of carbonyl (C=O) groups excluding carboxylic acids is 5. The van der Waals surface area contributed by atoms with Crippen LogP contribution in [0.1, 0.15) is 111 Å². The second-order valence-electron chi connectivity index (χ2n) is 13.3. The second-order valence-corrected chi connectivity index (χ2v) is 13.3. The first kappa shape index (κ1) is 42.3. The lowest BCUT2D eigenvalue weighted by Gasteiger charge is -2.29. The van der Waals surface area contributed by atoms with E-state index in [9.17, 15) is 29.2 Å². The minimum absolute atomic E-state index is 0.0980. The first-order valence-electron chi connectivity index (χ1n) is 17.6. The van der Waals surface area contributed by atoms with Gasteiger partial charge in [-0.15, -0.1) is 0 Å². The lowest BCUT2D eigenvalue weighted by molar-refractivity contribution is -0.605. The molecule has 6 atom stereocenters. The zero-order valence-electron chi connectivity index (χ0n) is 30.5. The number of hydrogen-bond acceptors (Lipinski definition) is 7. The van der Waals surface area contributed by atoms with Crippen LogP contribution in [0.2, 0.25) is 0 Å². The zero-order valence-corrected chi connectivity index (χ0v) is 30.5. The minimum atomic E-state index is -0.898. The minimum Gasteiger partial charge on any atom is -0.619 e. The van der Waals surface area contributed by atoms with Crippen LogP contribution in [0.4, 0.5) is 0 Å². The van der Waals surface area contributed by atoms with Gasteiger partial charge in [0.05, 0.1) is 11.6 Å². The van der Waals surface area contributed by atoms with Crippen LogP contribution in [0.3, 0.4) is 0 Å².